The van der Waals surface area contributed by atoms with Gasteiger partial charge in [-0.25, -0.2) is 4.57 Å². The number of pyridine rings is 1. The van der Waals surface area contributed by atoms with Gasteiger partial charge in [0.05, 0.1) is 18.2 Å². The van der Waals surface area contributed by atoms with Crippen LogP contribution in [0.5, 0.6) is 0 Å². The summed E-state index contributed by atoms with van der Waals surface area (Å²) in [6.07, 6.45) is 6.45. The monoisotopic (exact) mass is 378 g/mol. The molecule has 1 aromatic heterocycles. The summed E-state index contributed by atoms with van der Waals surface area (Å²) in [7, 11) is 2.07. The van der Waals surface area contributed by atoms with Crippen molar-refractivity contribution in [1.82, 2.24) is 4.90 Å². The molecule has 0 saturated carbocycles. The van der Waals surface area contributed by atoms with Gasteiger partial charge in [0.15, 0.2) is 6.20 Å². The van der Waals surface area contributed by atoms with Crippen LogP contribution in [0.25, 0.3) is 6.08 Å². The Morgan fingerprint density at radius 1 is 1.39 bits per heavy atom. The smallest absolute Gasteiger partial charge is 0.207 e. The minimum absolute atomic E-state index is 0. The topological polar surface area (TPSA) is 16.4 Å². The molecule has 100 valence electrons. The number of hydrogen-bond acceptors (Lipinski definition) is 3. The number of rotatable bonds is 3. The number of hydrogen-bond donors (Lipinski definition) is 0. The first-order valence-corrected chi connectivity index (χ1v) is 7.07. The molecular weight excluding hydrogens is 359 g/mol. The standard InChI is InChI=1S/C13H19N2OS.HI/c1-14-6-4-3-5-12(14)11-13(17-2)15-7-9-16-10-8-15;/h3-6,11H,7-10H2,1-2H3;1H/q+1;/p-1. The second-order valence-corrected chi connectivity index (χ2v) is 4.85. The number of aryl methyl sites for hydroxylation is 1. The zero-order valence-corrected chi connectivity index (χ0v) is 13.8. The van der Waals surface area contributed by atoms with Crippen LogP contribution in [0.2, 0.25) is 0 Å². The van der Waals surface area contributed by atoms with Gasteiger partial charge in [0.25, 0.3) is 0 Å². The Kier molecular flexibility index (Phi) is 7.03. The number of ether oxygens (including phenoxy) is 1. The molecule has 1 aromatic rings. The molecule has 1 aliphatic rings. The van der Waals surface area contributed by atoms with E-state index in [1.54, 1.807) is 11.8 Å². The fourth-order valence-corrected chi connectivity index (χ4v) is 2.56. The fourth-order valence-electron chi connectivity index (χ4n) is 1.88. The maximum absolute atomic E-state index is 5.38. The molecular formula is C13H19IN2OS. The number of nitrogens with zero attached hydrogens (tertiary/aromatic N) is 2. The van der Waals surface area contributed by atoms with Gasteiger partial charge < -0.3 is 33.6 Å². The lowest BCUT2D eigenvalue weighted by Gasteiger charge is -2.29. The number of thioether (sulfide) groups is 1. The van der Waals surface area contributed by atoms with Gasteiger partial charge in [-0.05, 0) is 12.3 Å². The van der Waals surface area contributed by atoms with Gasteiger partial charge in [-0.2, -0.15) is 0 Å². The highest BCUT2D eigenvalue weighted by atomic mass is 127. The number of aromatic nitrogens is 1. The predicted octanol–water partition coefficient (Wildman–Crippen LogP) is -1.49. The van der Waals surface area contributed by atoms with Crippen molar-refractivity contribution in [2.24, 2.45) is 7.05 Å². The largest absolute Gasteiger partial charge is 1.00 e. The third-order valence-corrected chi connectivity index (χ3v) is 3.69. The van der Waals surface area contributed by atoms with Gasteiger partial charge in [0.2, 0.25) is 5.69 Å². The van der Waals surface area contributed by atoms with Crippen molar-refractivity contribution in [2.45, 2.75) is 0 Å². The van der Waals surface area contributed by atoms with Gasteiger partial charge in [-0.15, -0.1) is 11.8 Å². The molecule has 0 radical (unpaired) electrons. The van der Waals surface area contributed by atoms with E-state index in [4.69, 9.17) is 4.74 Å². The van der Waals surface area contributed by atoms with Crippen LogP contribution in [-0.4, -0.2) is 37.5 Å². The maximum atomic E-state index is 5.38. The van der Waals surface area contributed by atoms with Crippen molar-refractivity contribution >= 4 is 17.8 Å². The molecule has 0 N–H and O–H groups in total. The highest BCUT2D eigenvalue weighted by molar-refractivity contribution is 8.02. The van der Waals surface area contributed by atoms with Crippen LogP contribution in [0.4, 0.5) is 0 Å². The van der Waals surface area contributed by atoms with Crippen LogP contribution in [0.3, 0.4) is 0 Å². The summed E-state index contributed by atoms with van der Waals surface area (Å²) < 4.78 is 7.52. The van der Waals surface area contributed by atoms with E-state index in [2.05, 4.69) is 47.2 Å². The van der Waals surface area contributed by atoms with E-state index in [1.165, 1.54) is 10.7 Å². The lowest BCUT2D eigenvalue weighted by molar-refractivity contribution is -0.673. The van der Waals surface area contributed by atoms with Gasteiger partial charge in [0, 0.05) is 31.3 Å². The molecule has 2 heterocycles. The van der Waals surface area contributed by atoms with Crippen molar-refractivity contribution in [3.8, 4) is 0 Å². The van der Waals surface area contributed by atoms with Gasteiger partial charge in [-0.3, -0.25) is 0 Å². The van der Waals surface area contributed by atoms with Gasteiger partial charge in [0.1, 0.15) is 7.05 Å². The molecule has 5 heteroatoms. The average molecular weight is 378 g/mol. The normalized spacial score (nSPS) is 16.3. The second kappa shape index (κ2) is 8.01. The molecule has 0 bridgehead atoms. The van der Waals surface area contributed by atoms with Crippen molar-refractivity contribution < 1.29 is 33.3 Å². The van der Waals surface area contributed by atoms with Crippen molar-refractivity contribution in [3.05, 3.63) is 35.1 Å². The van der Waals surface area contributed by atoms with E-state index in [0.29, 0.717) is 0 Å². The highest BCUT2D eigenvalue weighted by Crippen LogP contribution is 2.20. The summed E-state index contributed by atoms with van der Waals surface area (Å²) in [5.41, 5.74) is 1.23. The summed E-state index contributed by atoms with van der Waals surface area (Å²) >= 11 is 1.80. The van der Waals surface area contributed by atoms with Gasteiger partial charge in [-0.1, -0.05) is 0 Å². The number of morpholine rings is 1. The highest BCUT2D eigenvalue weighted by Gasteiger charge is 2.14. The molecule has 1 fully saturated rings. The first-order valence-electron chi connectivity index (χ1n) is 5.84. The van der Waals surface area contributed by atoms with Crippen LogP contribution in [-0.2, 0) is 11.8 Å². The summed E-state index contributed by atoms with van der Waals surface area (Å²) in [4.78, 5) is 2.39. The van der Waals surface area contributed by atoms with Gasteiger partial charge >= 0.3 is 0 Å². The van der Waals surface area contributed by atoms with Crippen LogP contribution in [0, 0.1) is 0 Å². The van der Waals surface area contributed by atoms with Crippen LogP contribution in [0.1, 0.15) is 5.69 Å². The lowest BCUT2D eigenvalue weighted by atomic mass is 10.3. The molecule has 3 nitrogen and oxygen atoms in total. The molecule has 2 rings (SSSR count). The maximum Gasteiger partial charge on any atom is 0.207 e. The second-order valence-electron chi connectivity index (χ2n) is 4.02. The summed E-state index contributed by atoms with van der Waals surface area (Å²) in [6, 6.07) is 6.25. The van der Waals surface area contributed by atoms with Crippen LogP contribution < -0.4 is 28.5 Å². The lowest BCUT2D eigenvalue weighted by Crippen LogP contribution is -3.00. The Hall–Kier alpha value is -0.270. The predicted molar refractivity (Wildman–Crippen MR) is 71.5 cm³/mol. The Morgan fingerprint density at radius 2 is 2.11 bits per heavy atom. The molecule has 0 aliphatic carbocycles. The van der Waals surface area contributed by atoms with Crippen molar-refractivity contribution in [2.75, 3.05) is 32.6 Å². The summed E-state index contributed by atoms with van der Waals surface area (Å²) in [5, 5.41) is 1.31. The third kappa shape index (κ3) is 4.13. The minimum atomic E-state index is 0. The third-order valence-electron chi connectivity index (χ3n) is 2.90. The number of halogens is 1. The molecule has 0 aromatic carbocycles. The molecule has 18 heavy (non-hydrogen) atoms. The minimum Gasteiger partial charge on any atom is -1.00 e. The Labute approximate surface area is 130 Å². The molecule has 0 atom stereocenters. The van der Waals surface area contributed by atoms with E-state index >= 15 is 0 Å². The SMILES string of the molecule is CSC(=Cc1cccc[n+]1C)N1CCOCC1.[I-]. The van der Waals surface area contributed by atoms with E-state index in [1.807, 2.05) is 6.07 Å². The van der Waals surface area contributed by atoms with Crippen LogP contribution in [0.15, 0.2) is 29.4 Å². The fraction of sp³-hybridized carbons (Fsp3) is 0.462. The zero-order valence-electron chi connectivity index (χ0n) is 10.8. The summed E-state index contributed by atoms with van der Waals surface area (Å²) in [5.74, 6) is 0. The molecule has 0 unspecified atom stereocenters. The Bertz CT molecular complexity index is 406. The average Bonchev–Trinajstić information content (AvgIpc) is 2.39. The van der Waals surface area contributed by atoms with Crippen LogP contribution >= 0.6 is 11.8 Å². The summed E-state index contributed by atoms with van der Waals surface area (Å²) in [6.45, 7) is 3.64. The Morgan fingerprint density at radius 3 is 2.72 bits per heavy atom. The quantitative estimate of drug-likeness (QED) is 0.471. The van der Waals surface area contributed by atoms with E-state index in [9.17, 15) is 0 Å². The molecule has 1 saturated heterocycles. The molecule has 1 aliphatic heterocycles. The molecule has 0 amide bonds. The van der Waals surface area contributed by atoms with E-state index in [-0.39, 0.29) is 24.0 Å². The first kappa shape index (κ1) is 15.8. The van der Waals surface area contributed by atoms with E-state index < -0.39 is 0 Å². The van der Waals surface area contributed by atoms with Crippen molar-refractivity contribution in [1.29, 1.82) is 0 Å². The zero-order chi connectivity index (χ0) is 12.1. The Balaban J connectivity index is 0.00000162. The first-order chi connectivity index (χ1) is 8.31. The molecule has 0 spiro atoms. The van der Waals surface area contributed by atoms with Crippen molar-refractivity contribution in [3.63, 3.8) is 0 Å². The van der Waals surface area contributed by atoms with E-state index in [0.717, 1.165) is 26.3 Å².